The van der Waals surface area contributed by atoms with Crippen LogP contribution in [-0.4, -0.2) is 11.0 Å². The van der Waals surface area contributed by atoms with Gasteiger partial charge in [-0.3, -0.25) is 4.79 Å². The van der Waals surface area contributed by atoms with Crippen LogP contribution in [0.25, 0.3) is 0 Å². The van der Waals surface area contributed by atoms with Crippen LogP contribution in [0.15, 0.2) is 36.4 Å². The first-order valence-corrected chi connectivity index (χ1v) is 7.85. The maximum absolute atomic E-state index is 14.1. The second kappa shape index (κ2) is 7.57. The summed E-state index contributed by atoms with van der Waals surface area (Å²) in [5, 5.41) is 10.8. The number of amides is 1. The Morgan fingerprint density at radius 1 is 1.22 bits per heavy atom. The fourth-order valence-corrected chi connectivity index (χ4v) is 2.83. The van der Waals surface area contributed by atoms with E-state index >= 15 is 0 Å². The van der Waals surface area contributed by atoms with E-state index in [4.69, 9.17) is 17.3 Å². The SMILES string of the molecule is CCc1c(C(N)=O)ccc(F)c1CCC(O)c1ccc(Cl)cc1. The third kappa shape index (κ3) is 4.09. The molecular formula is C18H19ClFNO2. The van der Waals surface area contributed by atoms with Crippen molar-refractivity contribution in [3.8, 4) is 0 Å². The van der Waals surface area contributed by atoms with Crippen LogP contribution in [-0.2, 0) is 12.8 Å². The highest BCUT2D eigenvalue weighted by atomic mass is 35.5. The van der Waals surface area contributed by atoms with Gasteiger partial charge in [0.1, 0.15) is 5.82 Å². The average molecular weight is 336 g/mol. The topological polar surface area (TPSA) is 63.3 Å². The summed E-state index contributed by atoms with van der Waals surface area (Å²) in [6.07, 6.45) is 0.435. The minimum atomic E-state index is -0.728. The molecule has 1 unspecified atom stereocenters. The quantitative estimate of drug-likeness (QED) is 0.843. The summed E-state index contributed by atoms with van der Waals surface area (Å²) in [4.78, 5) is 11.5. The Kier molecular flexibility index (Phi) is 5.74. The van der Waals surface area contributed by atoms with Gasteiger partial charge in [0.25, 0.3) is 0 Å². The molecule has 0 fully saturated rings. The molecule has 1 amide bonds. The molecule has 0 spiro atoms. The van der Waals surface area contributed by atoms with Crippen LogP contribution in [0.3, 0.4) is 0 Å². The van der Waals surface area contributed by atoms with Gasteiger partial charge in [-0.2, -0.15) is 0 Å². The molecule has 122 valence electrons. The summed E-state index contributed by atoms with van der Waals surface area (Å²) in [6.45, 7) is 1.85. The summed E-state index contributed by atoms with van der Waals surface area (Å²) in [5.41, 5.74) is 7.46. The van der Waals surface area contributed by atoms with Gasteiger partial charge in [-0.15, -0.1) is 0 Å². The van der Waals surface area contributed by atoms with Gasteiger partial charge in [0.2, 0.25) is 5.91 Å². The highest BCUT2D eigenvalue weighted by Crippen LogP contribution is 2.25. The molecule has 0 bridgehead atoms. The van der Waals surface area contributed by atoms with Crippen molar-refractivity contribution in [2.75, 3.05) is 0 Å². The number of carbonyl (C=O) groups excluding carboxylic acids is 1. The number of rotatable bonds is 6. The summed E-state index contributed by atoms with van der Waals surface area (Å²) < 4.78 is 14.1. The molecule has 3 N–H and O–H groups in total. The molecule has 23 heavy (non-hydrogen) atoms. The Labute approximate surface area is 139 Å². The van der Waals surface area contributed by atoms with Crippen LogP contribution >= 0.6 is 11.6 Å². The van der Waals surface area contributed by atoms with E-state index in [1.54, 1.807) is 24.3 Å². The van der Waals surface area contributed by atoms with E-state index in [0.29, 0.717) is 41.0 Å². The normalized spacial score (nSPS) is 12.2. The van der Waals surface area contributed by atoms with Crippen molar-refractivity contribution < 1.29 is 14.3 Å². The molecule has 2 rings (SSSR count). The second-order valence-corrected chi connectivity index (χ2v) is 5.81. The fraction of sp³-hybridized carbons (Fsp3) is 0.278. The molecule has 0 radical (unpaired) electrons. The van der Waals surface area contributed by atoms with Crippen molar-refractivity contribution in [3.63, 3.8) is 0 Å². The van der Waals surface area contributed by atoms with Gasteiger partial charge in [-0.1, -0.05) is 30.7 Å². The molecule has 2 aromatic rings. The zero-order valence-corrected chi connectivity index (χ0v) is 13.6. The number of carbonyl (C=O) groups is 1. The summed E-state index contributed by atoms with van der Waals surface area (Å²) in [6, 6.07) is 9.55. The number of hydrogen-bond donors (Lipinski definition) is 2. The first-order chi connectivity index (χ1) is 10.9. The predicted octanol–water partition coefficient (Wildman–Crippen LogP) is 3.81. The van der Waals surface area contributed by atoms with Crippen LogP contribution in [0.1, 0.15) is 46.5 Å². The molecule has 0 aliphatic carbocycles. The minimum absolute atomic E-state index is 0.319. The van der Waals surface area contributed by atoms with Crippen molar-refractivity contribution in [3.05, 3.63) is 69.5 Å². The van der Waals surface area contributed by atoms with Gasteiger partial charge < -0.3 is 10.8 Å². The number of benzene rings is 2. The van der Waals surface area contributed by atoms with Gasteiger partial charge in [0.05, 0.1) is 6.10 Å². The molecule has 0 aliphatic heterocycles. The monoisotopic (exact) mass is 335 g/mol. The van der Waals surface area contributed by atoms with Gasteiger partial charge >= 0.3 is 0 Å². The standard InChI is InChI=1S/C18H19ClFNO2/c1-2-13-14(16(20)9-7-15(13)18(21)23)8-10-17(22)11-3-5-12(19)6-4-11/h3-7,9,17,22H,2,8,10H2,1H3,(H2,21,23). The van der Waals surface area contributed by atoms with Crippen LogP contribution in [0.4, 0.5) is 4.39 Å². The fourth-order valence-electron chi connectivity index (χ4n) is 2.70. The van der Waals surface area contributed by atoms with Crippen molar-refractivity contribution in [1.29, 1.82) is 0 Å². The van der Waals surface area contributed by atoms with E-state index in [-0.39, 0.29) is 5.82 Å². The highest BCUT2D eigenvalue weighted by Gasteiger charge is 2.17. The van der Waals surface area contributed by atoms with E-state index in [9.17, 15) is 14.3 Å². The highest BCUT2D eigenvalue weighted by molar-refractivity contribution is 6.30. The molecule has 3 nitrogen and oxygen atoms in total. The van der Waals surface area contributed by atoms with Gasteiger partial charge in [-0.05, 0) is 60.2 Å². The number of hydrogen-bond acceptors (Lipinski definition) is 2. The lowest BCUT2D eigenvalue weighted by atomic mass is 9.93. The molecule has 1 atom stereocenters. The van der Waals surface area contributed by atoms with Gasteiger partial charge in [0.15, 0.2) is 0 Å². The zero-order chi connectivity index (χ0) is 17.0. The number of halogens is 2. The van der Waals surface area contributed by atoms with Crippen molar-refractivity contribution >= 4 is 17.5 Å². The number of nitrogens with two attached hydrogens (primary N) is 1. The molecule has 2 aromatic carbocycles. The van der Waals surface area contributed by atoms with E-state index in [1.807, 2.05) is 6.92 Å². The van der Waals surface area contributed by atoms with Crippen LogP contribution in [0, 0.1) is 5.82 Å². The lowest BCUT2D eigenvalue weighted by Gasteiger charge is -2.15. The first kappa shape index (κ1) is 17.4. The molecule has 0 aromatic heterocycles. The van der Waals surface area contributed by atoms with Crippen molar-refractivity contribution in [2.24, 2.45) is 5.73 Å². The van der Waals surface area contributed by atoms with E-state index in [2.05, 4.69) is 0 Å². The average Bonchev–Trinajstić information content (AvgIpc) is 2.53. The van der Waals surface area contributed by atoms with E-state index in [1.165, 1.54) is 12.1 Å². The van der Waals surface area contributed by atoms with Crippen LogP contribution < -0.4 is 5.73 Å². The lowest BCUT2D eigenvalue weighted by Crippen LogP contribution is -2.16. The third-order valence-electron chi connectivity index (χ3n) is 3.92. The molecule has 0 aliphatic rings. The Bertz CT molecular complexity index is 701. The molecule has 0 saturated carbocycles. The molecule has 5 heteroatoms. The maximum atomic E-state index is 14.1. The Morgan fingerprint density at radius 2 is 1.87 bits per heavy atom. The summed E-state index contributed by atoms with van der Waals surface area (Å²) in [7, 11) is 0. The Hall–Kier alpha value is -1.91. The zero-order valence-electron chi connectivity index (χ0n) is 12.9. The van der Waals surface area contributed by atoms with Gasteiger partial charge in [0, 0.05) is 10.6 Å². The number of aliphatic hydroxyl groups excluding tert-OH is 1. The second-order valence-electron chi connectivity index (χ2n) is 5.38. The Balaban J connectivity index is 2.21. The van der Waals surface area contributed by atoms with Gasteiger partial charge in [-0.25, -0.2) is 4.39 Å². The van der Waals surface area contributed by atoms with E-state index in [0.717, 1.165) is 5.56 Å². The number of aliphatic hydroxyl groups is 1. The van der Waals surface area contributed by atoms with Crippen molar-refractivity contribution in [1.82, 2.24) is 0 Å². The minimum Gasteiger partial charge on any atom is -0.388 e. The maximum Gasteiger partial charge on any atom is 0.248 e. The summed E-state index contributed by atoms with van der Waals surface area (Å²) >= 11 is 5.82. The third-order valence-corrected chi connectivity index (χ3v) is 4.17. The first-order valence-electron chi connectivity index (χ1n) is 7.47. The van der Waals surface area contributed by atoms with Crippen LogP contribution in [0.2, 0.25) is 5.02 Å². The lowest BCUT2D eigenvalue weighted by molar-refractivity contribution is 0.0999. The Morgan fingerprint density at radius 3 is 2.43 bits per heavy atom. The summed E-state index contributed by atoms with van der Waals surface area (Å²) in [5.74, 6) is -0.948. The predicted molar refractivity (Wildman–Crippen MR) is 89.0 cm³/mol. The van der Waals surface area contributed by atoms with Crippen LogP contribution in [0.5, 0.6) is 0 Å². The number of primary amides is 1. The molecule has 0 saturated heterocycles. The van der Waals surface area contributed by atoms with Crippen molar-refractivity contribution in [2.45, 2.75) is 32.3 Å². The van der Waals surface area contributed by atoms with E-state index < -0.39 is 12.0 Å². The largest absolute Gasteiger partial charge is 0.388 e. The smallest absolute Gasteiger partial charge is 0.248 e. The molecular weight excluding hydrogens is 317 g/mol. The molecule has 0 heterocycles.